The number of ketones is 1. The molecule has 0 spiro atoms. The predicted molar refractivity (Wildman–Crippen MR) is 158 cm³/mol. The van der Waals surface area contributed by atoms with E-state index in [-0.39, 0.29) is 23.2 Å². The summed E-state index contributed by atoms with van der Waals surface area (Å²) in [4.78, 5) is 22.4. The van der Waals surface area contributed by atoms with Gasteiger partial charge in [0.1, 0.15) is 11.5 Å². The number of carbonyl (C=O) groups excluding carboxylic acids is 1. The first-order valence-electron chi connectivity index (χ1n) is 14.0. The van der Waals surface area contributed by atoms with E-state index < -0.39 is 0 Å². The van der Waals surface area contributed by atoms with Gasteiger partial charge < -0.3 is 9.32 Å². The summed E-state index contributed by atoms with van der Waals surface area (Å²) in [5.74, 6) is 1.15. The quantitative estimate of drug-likeness (QED) is 0.283. The second kappa shape index (κ2) is 10.7. The van der Waals surface area contributed by atoms with E-state index in [9.17, 15) is 4.79 Å². The van der Waals surface area contributed by atoms with Crippen molar-refractivity contribution in [3.8, 4) is 16.9 Å². The highest BCUT2D eigenvalue weighted by molar-refractivity contribution is 5.95. The molecule has 0 atom stereocenters. The Morgan fingerprint density at radius 3 is 2.38 bits per heavy atom. The maximum absolute atomic E-state index is 13.0. The van der Waals surface area contributed by atoms with Gasteiger partial charge in [-0.2, -0.15) is 0 Å². The zero-order chi connectivity index (χ0) is 28.7. The Balaban J connectivity index is 1.31. The number of hydrogen-bond acceptors (Lipinski definition) is 7. The summed E-state index contributed by atoms with van der Waals surface area (Å²) in [6, 6.07) is 11.8. The minimum Gasteiger partial charge on any atom is -0.457 e. The molecular weight excluding hydrogens is 500 g/mol. The standard InChI is InChI=1S/C32H40N6O2/c1-22-8-9-23(17-28(39)29-10-11-30(40-29)31(2,3)4)16-27(22)38-21-26(34-35-38)24-18-25(20-33-19-24)36-12-14-37(15-13-36)32(5,6)7/h8-11,16,18-21H,12-15,17H2,1-7H3. The molecule has 210 valence electrons. The van der Waals surface area contributed by atoms with Gasteiger partial charge in [0.2, 0.25) is 5.78 Å². The first kappa shape index (κ1) is 27.8. The van der Waals surface area contributed by atoms with Crippen LogP contribution in [0.4, 0.5) is 5.69 Å². The number of benzene rings is 1. The van der Waals surface area contributed by atoms with Crippen molar-refractivity contribution in [2.75, 3.05) is 31.1 Å². The van der Waals surface area contributed by atoms with Crippen molar-refractivity contribution in [3.63, 3.8) is 0 Å². The van der Waals surface area contributed by atoms with Crippen molar-refractivity contribution in [1.29, 1.82) is 0 Å². The van der Waals surface area contributed by atoms with Gasteiger partial charge in [0.15, 0.2) is 5.76 Å². The third kappa shape index (κ3) is 6.02. The molecule has 4 heterocycles. The van der Waals surface area contributed by atoms with E-state index in [2.05, 4.69) is 72.7 Å². The molecule has 4 aromatic rings. The van der Waals surface area contributed by atoms with Crippen LogP contribution in [0.2, 0.25) is 0 Å². The Morgan fingerprint density at radius 1 is 0.950 bits per heavy atom. The van der Waals surface area contributed by atoms with Gasteiger partial charge in [-0.15, -0.1) is 5.10 Å². The van der Waals surface area contributed by atoms with Gasteiger partial charge in [-0.3, -0.25) is 14.7 Å². The zero-order valence-corrected chi connectivity index (χ0v) is 24.7. The van der Waals surface area contributed by atoms with Crippen molar-refractivity contribution < 1.29 is 9.21 Å². The number of aromatic nitrogens is 4. The van der Waals surface area contributed by atoms with Gasteiger partial charge in [-0.25, -0.2) is 4.68 Å². The Bertz CT molecular complexity index is 1500. The lowest BCUT2D eigenvalue weighted by atomic mass is 9.94. The van der Waals surface area contributed by atoms with Crippen LogP contribution in [0.25, 0.3) is 16.9 Å². The normalized spacial score (nSPS) is 15.0. The molecule has 8 heteroatoms. The molecule has 0 bridgehead atoms. The minimum absolute atomic E-state index is 0.0456. The maximum atomic E-state index is 13.0. The summed E-state index contributed by atoms with van der Waals surface area (Å²) in [7, 11) is 0. The van der Waals surface area contributed by atoms with Gasteiger partial charge in [-0.05, 0) is 63.1 Å². The molecule has 0 unspecified atom stereocenters. The summed E-state index contributed by atoms with van der Waals surface area (Å²) in [6.07, 6.45) is 5.93. The Morgan fingerprint density at radius 2 is 1.70 bits per heavy atom. The van der Waals surface area contributed by atoms with Crippen LogP contribution in [0.1, 0.15) is 69.0 Å². The van der Waals surface area contributed by atoms with Crippen molar-refractivity contribution >= 4 is 11.5 Å². The SMILES string of the molecule is Cc1ccc(CC(=O)c2ccc(C(C)(C)C)o2)cc1-n1cc(-c2cncc(N3CCN(C(C)(C)C)CC3)c2)nn1. The molecule has 0 N–H and O–H groups in total. The highest BCUT2D eigenvalue weighted by Crippen LogP contribution is 2.27. The first-order valence-corrected chi connectivity index (χ1v) is 14.0. The van der Waals surface area contributed by atoms with Crippen LogP contribution < -0.4 is 4.90 Å². The van der Waals surface area contributed by atoms with E-state index in [0.29, 0.717) is 5.76 Å². The number of Topliss-reactive ketones (excluding diaryl/α,β-unsaturated/α-hetero) is 1. The van der Waals surface area contributed by atoms with Crippen molar-refractivity contribution in [2.45, 2.75) is 65.8 Å². The summed E-state index contributed by atoms with van der Waals surface area (Å²) in [5, 5.41) is 8.89. The fraction of sp³-hybridized carbons (Fsp3) is 0.438. The summed E-state index contributed by atoms with van der Waals surface area (Å²) >= 11 is 0. The van der Waals surface area contributed by atoms with Crippen LogP contribution in [0.3, 0.4) is 0 Å². The lowest BCUT2D eigenvalue weighted by molar-refractivity contribution is 0.0963. The second-order valence-electron chi connectivity index (χ2n) is 12.8. The highest BCUT2D eigenvalue weighted by Gasteiger charge is 2.26. The van der Waals surface area contributed by atoms with Crippen LogP contribution in [0.5, 0.6) is 0 Å². The first-order chi connectivity index (χ1) is 18.9. The summed E-state index contributed by atoms with van der Waals surface area (Å²) in [5.41, 5.74) is 5.66. The second-order valence-corrected chi connectivity index (χ2v) is 12.8. The molecule has 0 amide bonds. The average Bonchev–Trinajstić information content (AvgIpc) is 3.60. The third-order valence-electron chi connectivity index (χ3n) is 7.61. The number of hydrogen-bond donors (Lipinski definition) is 0. The van der Waals surface area contributed by atoms with Gasteiger partial charge in [0, 0.05) is 55.3 Å². The van der Waals surface area contributed by atoms with Gasteiger partial charge >= 0.3 is 0 Å². The summed E-state index contributed by atoms with van der Waals surface area (Å²) < 4.78 is 7.63. The Hall–Kier alpha value is -3.78. The number of piperazine rings is 1. The van der Waals surface area contributed by atoms with E-state index >= 15 is 0 Å². The maximum Gasteiger partial charge on any atom is 0.202 e. The molecule has 1 aromatic carbocycles. The number of aryl methyl sites for hydroxylation is 1. The van der Waals surface area contributed by atoms with Gasteiger partial charge in [0.25, 0.3) is 0 Å². The molecular formula is C32H40N6O2. The Labute approximate surface area is 237 Å². The van der Waals surface area contributed by atoms with Crippen molar-refractivity contribution in [2.24, 2.45) is 0 Å². The average molecular weight is 541 g/mol. The number of carbonyl (C=O) groups is 1. The van der Waals surface area contributed by atoms with E-state index in [1.54, 1.807) is 10.7 Å². The third-order valence-corrected chi connectivity index (χ3v) is 7.61. The molecule has 0 aliphatic carbocycles. The van der Waals surface area contributed by atoms with E-state index in [4.69, 9.17) is 4.42 Å². The molecule has 1 fully saturated rings. The molecule has 5 rings (SSSR count). The van der Waals surface area contributed by atoms with E-state index in [0.717, 1.165) is 65.7 Å². The number of furan rings is 1. The van der Waals surface area contributed by atoms with Crippen LogP contribution >= 0.6 is 0 Å². The molecule has 3 aromatic heterocycles. The van der Waals surface area contributed by atoms with Crippen LogP contribution in [-0.2, 0) is 11.8 Å². The van der Waals surface area contributed by atoms with Gasteiger partial charge in [0.05, 0.1) is 23.8 Å². The van der Waals surface area contributed by atoms with E-state index in [1.165, 1.54) is 0 Å². The number of nitrogens with zero attached hydrogens (tertiary/aromatic N) is 6. The molecule has 8 nitrogen and oxygen atoms in total. The topological polar surface area (TPSA) is 80.3 Å². The van der Waals surface area contributed by atoms with Crippen LogP contribution in [0, 0.1) is 6.92 Å². The molecule has 40 heavy (non-hydrogen) atoms. The van der Waals surface area contributed by atoms with Crippen molar-refractivity contribution in [1.82, 2.24) is 24.9 Å². The predicted octanol–water partition coefficient (Wildman–Crippen LogP) is 5.87. The van der Waals surface area contributed by atoms with Gasteiger partial charge in [-0.1, -0.05) is 38.1 Å². The monoisotopic (exact) mass is 540 g/mol. The number of anilines is 1. The fourth-order valence-corrected chi connectivity index (χ4v) is 5.07. The largest absolute Gasteiger partial charge is 0.457 e. The molecule has 0 saturated carbocycles. The molecule has 0 radical (unpaired) electrons. The molecule has 1 aliphatic heterocycles. The van der Waals surface area contributed by atoms with E-state index in [1.807, 2.05) is 49.8 Å². The zero-order valence-electron chi connectivity index (χ0n) is 24.7. The smallest absolute Gasteiger partial charge is 0.202 e. The fourth-order valence-electron chi connectivity index (χ4n) is 5.07. The Kier molecular flexibility index (Phi) is 7.40. The number of pyridine rings is 1. The minimum atomic E-state index is -0.142. The highest BCUT2D eigenvalue weighted by atomic mass is 16.3. The van der Waals surface area contributed by atoms with Crippen molar-refractivity contribution in [3.05, 3.63) is 77.6 Å². The van der Waals surface area contributed by atoms with Crippen LogP contribution in [0.15, 0.2) is 59.4 Å². The lowest BCUT2D eigenvalue weighted by Gasteiger charge is -2.43. The number of rotatable bonds is 6. The van der Waals surface area contributed by atoms with Crippen LogP contribution in [-0.4, -0.2) is 62.4 Å². The molecule has 1 aliphatic rings. The molecule has 1 saturated heterocycles. The lowest BCUT2D eigenvalue weighted by Crippen LogP contribution is -2.53. The summed E-state index contributed by atoms with van der Waals surface area (Å²) in [6.45, 7) is 19.0.